The second kappa shape index (κ2) is 5.52. The fourth-order valence-corrected chi connectivity index (χ4v) is 1.68. The monoisotopic (exact) mass is 254 g/mol. The number of nitrogens with one attached hydrogen (secondary N) is 3. The molecule has 94 valence electrons. The van der Waals surface area contributed by atoms with Gasteiger partial charge in [0.05, 0.1) is 16.9 Å². The molecular weight excluding hydrogens is 244 g/mol. The molecule has 0 saturated heterocycles. The maximum atomic E-state index is 11.8. The quantitative estimate of drug-likeness (QED) is 0.530. The molecule has 2 rings (SSSR count). The minimum atomic E-state index is -0.282. The van der Waals surface area contributed by atoms with Gasteiger partial charge < -0.3 is 10.6 Å². The topological polar surface area (TPSA) is 113 Å². The van der Waals surface area contributed by atoms with Gasteiger partial charge in [-0.15, -0.1) is 0 Å². The van der Waals surface area contributed by atoms with Crippen LogP contribution in [0, 0.1) is 22.7 Å². The lowest BCUT2D eigenvalue weighted by Gasteiger charge is -2.11. The predicted octanol–water partition coefficient (Wildman–Crippen LogP) is 0.657. The van der Waals surface area contributed by atoms with E-state index in [0.717, 1.165) is 0 Å². The molecule has 0 aliphatic carbocycles. The second-order valence-electron chi connectivity index (χ2n) is 3.71. The van der Waals surface area contributed by atoms with Crippen LogP contribution in [0.4, 0.5) is 11.4 Å². The Morgan fingerprint density at radius 2 is 2.00 bits per heavy atom. The van der Waals surface area contributed by atoms with Gasteiger partial charge in [0.2, 0.25) is 5.71 Å². The number of para-hydroxylation sites is 1. The van der Waals surface area contributed by atoms with Gasteiger partial charge in [0, 0.05) is 13.1 Å². The van der Waals surface area contributed by atoms with Gasteiger partial charge >= 0.3 is 0 Å². The molecule has 1 aliphatic heterocycles. The van der Waals surface area contributed by atoms with Gasteiger partial charge in [-0.3, -0.25) is 10.2 Å². The zero-order valence-electron chi connectivity index (χ0n) is 9.90. The summed E-state index contributed by atoms with van der Waals surface area (Å²) in [5.41, 5.74) is 3.98. The normalized spacial score (nSPS) is 12.6. The molecule has 1 aromatic rings. The number of nitrogens with zero attached hydrogens (tertiary/aromatic N) is 3. The van der Waals surface area contributed by atoms with Crippen LogP contribution in [0.2, 0.25) is 0 Å². The molecule has 0 radical (unpaired) electrons. The van der Waals surface area contributed by atoms with Gasteiger partial charge in [0.25, 0.3) is 5.91 Å². The Balaban J connectivity index is 2.36. The van der Waals surface area contributed by atoms with Gasteiger partial charge in [0.15, 0.2) is 0 Å². The second-order valence-corrected chi connectivity index (χ2v) is 3.71. The molecule has 19 heavy (non-hydrogen) atoms. The highest BCUT2D eigenvalue weighted by Crippen LogP contribution is 2.27. The largest absolute Gasteiger partial charge is 0.381 e. The van der Waals surface area contributed by atoms with E-state index in [-0.39, 0.29) is 11.6 Å². The lowest BCUT2D eigenvalue weighted by molar-refractivity contribution is 0.0958. The average molecular weight is 254 g/mol. The van der Waals surface area contributed by atoms with Crippen molar-refractivity contribution in [2.75, 3.05) is 23.8 Å². The number of benzene rings is 1. The molecule has 0 saturated carbocycles. The van der Waals surface area contributed by atoms with E-state index >= 15 is 0 Å². The molecule has 1 amide bonds. The highest BCUT2D eigenvalue weighted by Gasteiger charge is 2.17. The summed E-state index contributed by atoms with van der Waals surface area (Å²) in [5, 5.41) is 26.7. The van der Waals surface area contributed by atoms with Crippen molar-refractivity contribution in [3.8, 4) is 12.1 Å². The zero-order valence-corrected chi connectivity index (χ0v) is 9.90. The van der Waals surface area contributed by atoms with Crippen molar-refractivity contribution in [3.05, 3.63) is 23.8 Å². The first kappa shape index (κ1) is 12.4. The molecule has 7 nitrogen and oxygen atoms in total. The van der Waals surface area contributed by atoms with Crippen LogP contribution >= 0.6 is 0 Å². The average Bonchev–Trinajstić information content (AvgIpc) is 2.63. The van der Waals surface area contributed by atoms with Crippen molar-refractivity contribution in [2.24, 2.45) is 5.10 Å². The highest BCUT2D eigenvalue weighted by atomic mass is 16.1. The molecule has 1 aliphatic rings. The number of rotatable bonds is 2. The summed E-state index contributed by atoms with van der Waals surface area (Å²) >= 11 is 0. The van der Waals surface area contributed by atoms with Crippen molar-refractivity contribution in [1.29, 1.82) is 10.5 Å². The summed E-state index contributed by atoms with van der Waals surface area (Å²) in [4.78, 5) is 11.8. The van der Waals surface area contributed by atoms with E-state index in [9.17, 15) is 4.79 Å². The SMILES string of the molecule is N#CC(C#N)=NNc1cccc2c1NCCNC2=O. The Morgan fingerprint density at radius 3 is 2.74 bits per heavy atom. The zero-order chi connectivity index (χ0) is 13.7. The maximum Gasteiger partial charge on any atom is 0.253 e. The predicted molar refractivity (Wildman–Crippen MR) is 69.5 cm³/mol. The standard InChI is InChI=1S/C12H10N6O/c13-6-8(7-14)17-18-10-3-1-2-9-11(10)15-4-5-16-12(9)19/h1-3,15,18H,4-5H2,(H,16,19). The first-order valence-corrected chi connectivity index (χ1v) is 5.55. The Bertz CT molecular complexity index is 606. The Morgan fingerprint density at radius 1 is 1.26 bits per heavy atom. The number of anilines is 2. The summed E-state index contributed by atoms with van der Waals surface area (Å²) < 4.78 is 0. The van der Waals surface area contributed by atoms with Crippen molar-refractivity contribution in [1.82, 2.24) is 5.32 Å². The number of hydrogen-bond donors (Lipinski definition) is 3. The minimum Gasteiger partial charge on any atom is -0.381 e. The fraction of sp³-hybridized carbons (Fsp3) is 0.167. The number of hydrazone groups is 1. The third-order valence-electron chi connectivity index (χ3n) is 2.52. The summed E-state index contributed by atoms with van der Waals surface area (Å²) in [5.74, 6) is -0.173. The van der Waals surface area contributed by atoms with Crippen LogP contribution in [0.25, 0.3) is 0 Å². The number of nitriles is 2. The van der Waals surface area contributed by atoms with Gasteiger partial charge in [-0.2, -0.15) is 15.6 Å². The molecule has 1 heterocycles. The van der Waals surface area contributed by atoms with Crippen LogP contribution < -0.4 is 16.1 Å². The lowest BCUT2D eigenvalue weighted by Crippen LogP contribution is -2.24. The highest BCUT2D eigenvalue weighted by molar-refractivity contribution is 6.10. The Labute approximate surface area is 109 Å². The number of hydrogen-bond acceptors (Lipinski definition) is 6. The Hall–Kier alpha value is -3.06. The number of carbonyl (C=O) groups excluding carboxylic acids is 1. The molecule has 3 N–H and O–H groups in total. The van der Waals surface area contributed by atoms with Crippen molar-refractivity contribution in [3.63, 3.8) is 0 Å². The molecule has 0 unspecified atom stereocenters. The minimum absolute atomic E-state index is 0.173. The van der Waals surface area contributed by atoms with E-state index in [2.05, 4.69) is 21.2 Å². The van der Waals surface area contributed by atoms with Gasteiger partial charge in [-0.25, -0.2) is 0 Å². The number of carbonyl (C=O) groups is 1. The van der Waals surface area contributed by atoms with Crippen molar-refractivity contribution >= 4 is 23.0 Å². The van der Waals surface area contributed by atoms with E-state index in [1.54, 1.807) is 30.3 Å². The smallest absolute Gasteiger partial charge is 0.253 e. The Kier molecular flexibility index (Phi) is 3.60. The van der Waals surface area contributed by atoms with E-state index in [0.29, 0.717) is 30.0 Å². The van der Waals surface area contributed by atoms with E-state index in [1.165, 1.54) is 0 Å². The number of fused-ring (bicyclic) bond motifs is 1. The molecule has 0 aromatic heterocycles. The first-order chi connectivity index (χ1) is 9.26. The molecular formula is C12H10N6O. The van der Waals surface area contributed by atoms with Crippen LogP contribution in [-0.4, -0.2) is 24.7 Å². The van der Waals surface area contributed by atoms with Crippen molar-refractivity contribution in [2.45, 2.75) is 0 Å². The van der Waals surface area contributed by atoms with Gasteiger partial charge in [-0.05, 0) is 12.1 Å². The number of amides is 1. The molecule has 0 fully saturated rings. The lowest BCUT2D eigenvalue weighted by atomic mass is 10.1. The van der Waals surface area contributed by atoms with Gasteiger partial charge in [-0.1, -0.05) is 6.07 Å². The van der Waals surface area contributed by atoms with Gasteiger partial charge in [0.1, 0.15) is 12.1 Å². The third-order valence-corrected chi connectivity index (χ3v) is 2.52. The van der Waals surface area contributed by atoms with Crippen LogP contribution in [0.1, 0.15) is 10.4 Å². The summed E-state index contributed by atoms with van der Waals surface area (Å²) in [6, 6.07) is 8.39. The maximum absolute atomic E-state index is 11.8. The summed E-state index contributed by atoms with van der Waals surface area (Å²) in [6.45, 7) is 1.11. The van der Waals surface area contributed by atoms with Crippen LogP contribution in [0.5, 0.6) is 0 Å². The molecule has 0 spiro atoms. The molecule has 0 atom stereocenters. The van der Waals surface area contributed by atoms with Crippen LogP contribution in [-0.2, 0) is 0 Å². The van der Waals surface area contributed by atoms with Crippen LogP contribution in [0.15, 0.2) is 23.3 Å². The first-order valence-electron chi connectivity index (χ1n) is 5.55. The molecule has 1 aromatic carbocycles. The van der Waals surface area contributed by atoms with E-state index < -0.39 is 0 Å². The van der Waals surface area contributed by atoms with E-state index in [1.807, 2.05) is 0 Å². The third kappa shape index (κ3) is 2.61. The molecule has 0 bridgehead atoms. The van der Waals surface area contributed by atoms with Crippen molar-refractivity contribution < 1.29 is 4.79 Å². The van der Waals surface area contributed by atoms with Crippen LogP contribution in [0.3, 0.4) is 0 Å². The van der Waals surface area contributed by atoms with E-state index in [4.69, 9.17) is 10.5 Å². The summed E-state index contributed by atoms with van der Waals surface area (Å²) in [6.07, 6.45) is 0. The summed E-state index contributed by atoms with van der Waals surface area (Å²) in [7, 11) is 0. The molecule has 7 heteroatoms. The fourth-order valence-electron chi connectivity index (χ4n) is 1.68.